The third-order valence-corrected chi connectivity index (χ3v) is 9.67. The second-order valence-corrected chi connectivity index (χ2v) is 12.0. The Morgan fingerprint density at radius 3 is 2.03 bits per heavy atom. The smallest absolute Gasteiger partial charge is 0.241 e. The zero-order valence-corrected chi connectivity index (χ0v) is 19.3. The largest absolute Gasteiger partial charge is 0.268 e. The van der Waals surface area contributed by atoms with E-state index in [0.717, 1.165) is 36.0 Å². The molecule has 0 amide bonds. The molecule has 3 aromatic carbocycles. The second kappa shape index (κ2) is 7.60. The lowest BCUT2D eigenvalue weighted by molar-refractivity contribution is 0.588. The molecule has 0 aliphatic heterocycles. The van der Waals surface area contributed by atoms with Crippen LogP contribution in [-0.4, -0.2) is 20.8 Å². The van der Waals surface area contributed by atoms with Gasteiger partial charge in [0.1, 0.15) is 0 Å². The molecule has 5 rings (SSSR count). The van der Waals surface area contributed by atoms with Gasteiger partial charge in [0.15, 0.2) is 9.84 Å². The Balaban J connectivity index is 1.75. The molecule has 0 saturated heterocycles. The van der Waals surface area contributed by atoms with Gasteiger partial charge >= 0.3 is 0 Å². The van der Waals surface area contributed by atoms with Gasteiger partial charge in [-0.3, -0.25) is 0 Å². The van der Waals surface area contributed by atoms with E-state index in [-0.39, 0.29) is 15.5 Å². The maximum absolute atomic E-state index is 13.5. The zero-order chi connectivity index (χ0) is 22.5. The molecule has 0 atom stereocenters. The van der Waals surface area contributed by atoms with Crippen LogP contribution in [0.1, 0.15) is 28.7 Å². The van der Waals surface area contributed by atoms with E-state index in [1.165, 1.54) is 3.97 Å². The number of aromatic nitrogens is 1. The third kappa shape index (κ3) is 3.27. The monoisotopic (exact) mass is 465 g/mol. The lowest BCUT2D eigenvalue weighted by Gasteiger charge is -2.17. The first-order chi connectivity index (χ1) is 15.3. The van der Waals surface area contributed by atoms with Gasteiger partial charge in [0.25, 0.3) is 10.0 Å². The topological polar surface area (TPSA) is 73.2 Å². The molecule has 1 aliphatic rings. The maximum atomic E-state index is 13.5. The van der Waals surface area contributed by atoms with Crippen LogP contribution in [0.3, 0.4) is 0 Å². The third-order valence-electron chi connectivity index (χ3n) is 6.32. The second-order valence-electron chi connectivity index (χ2n) is 8.18. The van der Waals surface area contributed by atoms with Gasteiger partial charge < -0.3 is 0 Å². The van der Waals surface area contributed by atoms with Crippen molar-refractivity contribution in [1.29, 1.82) is 0 Å². The maximum Gasteiger partial charge on any atom is 0.268 e. The molecule has 0 bridgehead atoms. The summed E-state index contributed by atoms with van der Waals surface area (Å²) >= 11 is 0. The molecule has 32 heavy (non-hydrogen) atoms. The molecule has 0 fully saturated rings. The quantitative estimate of drug-likeness (QED) is 0.430. The number of fused-ring (bicyclic) bond motifs is 3. The van der Waals surface area contributed by atoms with Crippen LogP contribution in [0.2, 0.25) is 0 Å². The Labute approximate surface area is 188 Å². The molecule has 0 radical (unpaired) electrons. The van der Waals surface area contributed by atoms with Gasteiger partial charge in [-0.25, -0.2) is 20.8 Å². The number of nitrogens with zero attached hydrogens (tertiary/aromatic N) is 1. The fourth-order valence-corrected chi connectivity index (χ4v) is 7.64. The van der Waals surface area contributed by atoms with Gasteiger partial charge in [-0.05, 0) is 78.8 Å². The highest BCUT2D eigenvalue weighted by Crippen LogP contribution is 2.39. The molecule has 7 heteroatoms. The van der Waals surface area contributed by atoms with Crippen LogP contribution in [0.5, 0.6) is 0 Å². The molecule has 5 nitrogen and oxygen atoms in total. The number of aryl methyl sites for hydroxylation is 1. The number of hydrogen-bond donors (Lipinski definition) is 0. The molecular formula is C25H23NO4S2. The minimum absolute atomic E-state index is 0.165. The highest BCUT2D eigenvalue weighted by Gasteiger charge is 2.29. The molecule has 164 valence electrons. The summed E-state index contributed by atoms with van der Waals surface area (Å²) in [4.78, 5) is 0.479. The Morgan fingerprint density at radius 2 is 1.38 bits per heavy atom. The van der Waals surface area contributed by atoms with E-state index in [1.54, 1.807) is 72.9 Å². The van der Waals surface area contributed by atoms with E-state index in [9.17, 15) is 16.8 Å². The number of hydrogen-bond acceptors (Lipinski definition) is 4. The van der Waals surface area contributed by atoms with Gasteiger partial charge in [0.2, 0.25) is 0 Å². The minimum atomic E-state index is -3.80. The first-order valence-electron chi connectivity index (χ1n) is 10.5. The van der Waals surface area contributed by atoms with Crippen LogP contribution in [0, 0.1) is 6.92 Å². The van der Waals surface area contributed by atoms with Gasteiger partial charge in [0.05, 0.1) is 21.1 Å². The van der Waals surface area contributed by atoms with Crippen molar-refractivity contribution >= 4 is 30.8 Å². The van der Waals surface area contributed by atoms with E-state index in [4.69, 9.17) is 0 Å². The Morgan fingerprint density at radius 1 is 0.781 bits per heavy atom. The van der Waals surface area contributed by atoms with Crippen molar-refractivity contribution in [3.05, 3.63) is 95.2 Å². The van der Waals surface area contributed by atoms with Gasteiger partial charge in [-0.15, -0.1) is 0 Å². The molecule has 0 N–H and O–H groups in total. The standard InChI is InChI=1S/C25H23NO4S2/c1-18-21-13-8-14-22(21)25-23(24(18)17-31(27,28)19-9-4-2-5-10-19)15-16-26(25)32(29,30)20-11-6-3-7-12-20/h2-7,9-12,15-16H,8,13-14,17H2,1H3. The SMILES string of the molecule is Cc1c2c(c3c(ccn3S(=O)(=O)c3ccccc3)c1CS(=O)(=O)c1ccccc1)CCC2. The fraction of sp³-hybridized carbons (Fsp3) is 0.200. The average Bonchev–Trinajstić information content (AvgIpc) is 3.45. The van der Waals surface area contributed by atoms with Crippen molar-refractivity contribution < 1.29 is 16.8 Å². The Hall–Kier alpha value is -2.90. The lowest BCUT2D eigenvalue weighted by atomic mass is 9.96. The highest BCUT2D eigenvalue weighted by atomic mass is 32.2. The number of benzene rings is 3. The van der Waals surface area contributed by atoms with Gasteiger partial charge in [-0.1, -0.05) is 36.4 Å². The van der Waals surface area contributed by atoms with Crippen LogP contribution in [0.25, 0.3) is 10.9 Å². The van der Waals surface area contributed by atoms with Gasteiger partial charge in [0, 0.05) is 11.6 Å². The summed E-state index contributed by atoms with van der Waals surface area (Å²) in [6.45, 7) is 1.96. The van der Waals surface area contributed by atoms with Crippen LogP contribution in [0.4, 0.5) is 0 Å². The highest BCUT2D eigenvalue weighted by molar-refractivity contribution is 7.90. The molecule has 4 aromatic rings. The number of rotatable bonds is 5. The van der Waals surface area contributed by atoms with E-state index in [2.05, 4.69) is 0 Å². The van der Waals surface area contributed by atoms with E-state index in [1.807, 2.05) is 6.92 Å². The van der Waals surface area contributed by atoms with Crippen LogP contribution < -0.4 is 0 Å². The zero-order valence-electron chi connectivity index (χ0n) is 17.7. The normalized spacial score (nSPS) is 14.0. The van der Waals surface area contributed by atoms with Crippen molar-refractivity contribution in [2.75, 3.05) is 0 Å². The molecule has 0 saturated carbocycles. The van der Waals surface area contributed by atoms with E-state index >= 15 is 0 Å². The van der Waals surface area contributed by atoms with Gasteiger partial charge in [-0.2, -0.15) is 0 Å². The van der Waals surface area contributed by atoms with Crippen molar-refractivity contribution in [2.24, 2.45) is 0 Å². The molecule has 0 spiro atoms. The first-order valence-corrected chi connectivity index (χ1v) is 13.6. The predicted molar refractivity (Wildman–Crippen MR) is 125 cm³/mol. The van der Waals surface area contributed by atoms with Crippen LogP contribution >= 0.6 is 0 Å². The van der Waals surface area contributed by atoms with Crippen molar-refractivity contribution in [3.63, 3.8) is 0 Å². The minimum Gasteiger partial charge on any atom is -0.241 e. The fourth-order valence-electron chi connectivity index (χ4n) is 4.75. The molecule has 1 aromatic heterocycles. The number of sulfone groups is 1. The first kappa shape index (κ1) is 21.0. The lowest BCUT2D eigenvalue weighted by Crippen LogP contribution is -2.14. The Kier molecular flexibility index (Phi) is 4.98. The average molecular weight is 466 g/mol. The summed E-state index contributed by atoms with van der Waals surface area (Å²) in [5.41, 5.74) is 4.36. The Bertz CT molecular complexity index is 1540. The summed E-state index contributed by atoms with van der Waals surface area (Å²) in [7, 11) is -7.38. The van der Waals surface area contributed by atoms with Crippen molar-refractivity contribution in [3.8, 4) is 0 Å². The molecule has 1 aliphatic carbocycles. The van der Waals surface area contributed by atoms with E-state index < -0.39 is 19.9 Å². The molecular weight excluding hydrogens is 442 g/mol. The van der Waals surface area contributed by atoms with Crippen molar-refractivity contribution in [1.82, 2.24) is 3.97 Å². The van der Waals surface area contributed by atoms with Crippen molar-refractivity contribution in [2.45, 2.75) is 41.7 Å². The summed E-state index contributed by atoms with van der Waals surface area (Å²) in [6.07, 6.45) is 4.10. The molecule has 0 unspecified atom stereocenters. The van der Waals surface area contributed by atoms with Crippen LogP contribution in [0.15, 0.2) is 82.7 Å². The summed E-state index contributed by atoms with van der Waals surface area (Å²) in [5, 5.41) is 0.696. The summed E-state index contributed by atoms with van der Waals surface area (Å²) in [5.74, 6) is -0.165. The predicted octanol–water partition coefficient (Wildman–Crippen LogP) is 4.65. The summed E-state index contributed by atoms with van der Waals surface area (Å²) in [6, 6.07) is 18.5. The molecule has 1 heterocycles. The summed E-state index contributed by atoms with van der Waals surface area (Å²) < 4.78 is 54.6. The van der Waals surface area contributed by atoms with Crippen LogP contribution in [-0.2, 0) is 38.5 Å². The van der Waals surface area contributed by atoms with E-state index in [0.29, 0.717) is 16.5 Å².